The van der Waals surface area contributed by atoms with E-state index in [4.69, 9.17) is 5.26 Å². The lowest BCUT2D eigenvalue weighted by molar-refractivity contribution is 0.407. The van der Waals surface area contributed by atoms with Gasteiger partial charge in [-0.3, -0.25) is 0 Å². The lowest BCUT2D eigenvalue weighted by Gasteiger charge is -2.31. The van der Waals surface area contributed by atoms with Crippen molar-refractivity contribution in [3.05, 3.63) is 59.6 Å². The molecular formula is C21H26N4. The van der Waals surface area contributed by atoms with Crippen molar-refractivity contribution in [3.63, 3.8) is 0 Å². The van der Waals surface area contributed by atoms with E-state index in [2.05, 4.69) is 79.0 Å². The number of aromatic nitrogens is 2. The van der Waals surface area contributed by atoms with Crippen LogP contribution in [-0.2, 0) is 6.54 Å². The predicted octanol–water partition coefficient (Wildman–Crippen LogP) is 4.82. The van der Waals surface area contributed by atoms with E-state index in [0.717, 1.165) is 25.3 Å². The van der Waals surface area contributed by atoms with Crippen LogP contribution in [0.4, 0.5) is 5.82 Å². The molecule has 130 valence electrons. The summed E-state index contributed by atoms with van der Waals surface area (Å²) < 4.78 is 0. The molecule has 0 aliphatic heterocycles. The molecule has 2 aromatic rings. The summed E-state index contributed by atoms with van der Waals surface area (Å²) in [6.07, 6.45) is 6.98. The minimum absolute atomic E-state index is 0.113. The summed E-state index contributed by atoms with van der Waals surface area (Å²) >= 11 is 0. The van der Waals surface area contributed by atoms with Gasteiger partial charge in [0.1, 0.15) is 11.9 Å². The van der Waals surface area contributed by atoms with Gasteiger partial charge in [-0.1, -0.05) is 64.1 Å². The molecule has 0 spiro atoms. The van der Waals surface area contributed by atoms with Crippen LogP contribution < -0.4 is 4.90 Å². The fourth-order valence-electron chi connectivity index (χ4n) is 2.58. The van der Waals surface area contributed by atoms with Gasteiger partial charge in [0, 0.05) is 19.3 Å². The summed E-state index contributed by atoms with van der Waals surface area (Å²) in [6.45, 7) is 10.3. The van der Waals surface area contributed by atoms with Crippen molar-refractivity contribution >= 4 is 11.9 Å². The van der Waals surface area contributed by atoms with E-state index in [1.54, 1.807) is 6.20 Å². The van der Waals surface area contributed by atoms with Crippen molar-refractivity contribution in [2.45, 2.75) is 40.7 Å². The first kappa shape index (κ1) is 18.7. The Morgan fingerprint density at radius 3 is 2.48 bits per heavy atom. The Morgan fingerprint density at radius 1 is 1.16 bits per heavy atom. The van der Waals surface area contributed by atoms with Gasteiger partial charge in [0.05, 0.1) is 0 Å². The highest BCUT2D eigenvalue weighted by molar-refractivity contribution is 5.50. The van der Waals surface area contributed by atoms with Gasteiger partial charge in [0.2, 0.25) is 5.82 Å². The third kappa shape index (κ3) is 6.04. The second-order valence-electron chi connectivity index (χ2n) is 7.32. The van der Waals surface area contributed by atoms with Gasteiger partial charge in [0.25, 0.3) is 0 Å². The molecule has 0 fully saturated rings. The van der Waals surface area contributed by atoms with Gasteiger partial charge >= 0.3 is 0 Å². The molecule has 0 amide bonds. The van der Waals surface area contributed by atoms with Crippen LogP contribution in [0.2, 0.25) is 0 Å². The van der Waals surface area contributed by atoms with Crippen LogP contribution in [0.25, 0.3) is 6.08 Å². The molecule has 0 aliphatic carbocycles. The van der Waals surface area contributed by atoms with Crippen LogP contribution in [0.5, 0.6) is 0 Å². The number of nitriles is 1. The zero-order chi connectivity index (χ0) is 18.3. The van der Waals surface area contributed by atoms with Gasteiger partial charge in [-0.2, -0.15) is 5.26 Å². The first-order valence-electron chi connectivity index (χ1n) is 8.65. The molecule has 25 heavy (non-hydrogen) atoms. The highest BCUT2D eigenvalue weighted by atomic mass is 15.2. The summed E-state index contributed by atoms with van der Waals surface area (Å²) in [6, 6.07) is 12.5. The largest absolute Gasteiger partial charge is 0.352 e. The van der Waals surface area contributed by atoms with Crippen LogP contribution in [-0.4, -0.2) is 16.5 Å². The molecule has 4 heteroatoms. The molecule has 1 aromatic carbocycles. The molecule has 0 unspecified atom stereocenters. The van der Waals surface area contributed by atoms with Crippen molar-refractivity contribution in [2.75, 3.05) is 11.4 Å². The second-order valence-corrected chi connectivity index (χ2v) is 7.32. The smallest absolute Gasteiger partial charge is 0.234 e. The Hall–Kier alpha value is -2.67. The summed E-state index contributed by atoms with van der Waals surface area (Å²) in [5.41, 5.74) is 2.54. The molecule has 0 saturated heterocycles. The van der Waals surface area contributed by atoms with E-state index >= 15 is 0 Å². The molecule has 0 aliphatic rings. The van der Waals surface area contributed by atoms with Crippen molar-refractivity contribution in [2.24, 2.45) is 5.41 Å². The Morgan fingerprint density at radius 2 is 1.88 bits per heavy atom. The Balaban J connectivity index is 2.24. The van der Waals surface area contributed by atoms with Crippen molar-refractivity contribution in [1.82, 2.24) is 9.97 Å². The Labute approximate surface area is 150 Å². The number of hydrogen-bond acceptors (Lipinski definition) is 4. The number of rotatable bonds is 6. The van der Waals surface area contributed by atoms with E-state index in [0.29, 0.717) is 0 Å². The summed E-state index contributed by atoms with van der Waals surface area (Å²) in [5, 5.41) is 9.07. The predicted molar refractivity (Wildman–Crippen MR) is 103 cm³/mol. The van der Waals surface area contributed by atoms with Gasteiger partial charge in [-0.15, -0.1) is 0 Å². The number of allylic oxidation sites excluding steroid dienone is 1. The van der Waals surface area contributed by atoms with E-state index < -0.39 is 0 Å². The average Bonchev–Trinajstić information content (AvgIpc) is 2.59. The zero-order valence-electron chi connectivity index (χ0n) is 15.5. The second kappa shape index (κ2) is 8.43. The highest BCUT2D eigenvalue weighted by Gasteiger charge is 2.18. The van der Waals surface area contributed by atoms with E-state index in [-0.39, 0.29) is 11.2 Å². The maximum absolute atomic E-state index is 9.07. The van der Waals surface area contributed by atoms with Gasteiger partial charge < -0.3 is 4.90 Å². The molecular weight excluding hydrogens is 308 g/mol. The van der Waals surface area contributed by atoms with Crippen molar-refractivity contribution < 1.29 is 0 Å². The third-order valence-corrected chi connectivity index (χ3v) is 3.63. The van der Waals surface area contributed by atoms with E-state index in [1.807, 2.05) is 12.1 Å². The summed E-state index contributed by atoms with van der Waals surface area (Å²) in [4.78, 5) is 10.6. The zero-order valence-corrected chi connectivity index (χ0v) is 15.5. The molecule has 1 heterocycles. The number of anilines is 1. The first-order chi connectivity index (χ1) is 11.9. The number of nitrogens with zero attached hydrogens (tertiary/aromatic N) is 4. The standard InChI is InChI=1S/C21H26N4/c1-5-6-7-17-8-10-18(11-9-17)15-25(16-21(2,3)4)20-12-13-23-19(14-22)24-20/h6-13H,5,15-16H2,1-4H3/b7-6+. The molecule has 0 radical (unpaired) electrons. The maximum Gasteiger partial charge on any atom is 0.234 e. The Bertz CT molecular complexity index is 749. The molecule has 0 N–H and O–H groups in total. The van der Waals surface area contributed by atoms with Gasteiger partial charge in [-0.05, 0) is 29.0 Å². The normalized spacial score (nSPS) is 11.5. The summed E-state index contributed by atoms with van der Waals surface area (Å²) in [7, 11) is 0. The minimum Gasteiger partial charge on any atom is -0.352 e. The van der Waals surface area contributed by atoms with Crippen LogP contribution >= 0.6 is 0 Å². The lowest BCUT2D eigenvalue weighted by Crippen LogP contribution is -2.33. The number of benzene rings is 1. The molecule has 0 saturated carbocycles. The first-order valence-corrected chi connectivity index (χ1v) is 8.65. The monoisotopic (exact) mass is 334 g/mol. The van der Waals surface area contributed by atoms with Crippen LogP contribution in [0.3, 0.4) is 0 Å². The quantitative estimate of drug-likeness (QED) is 0.759. The van der Waals surface area contributed by atoms with E-state index in [1.165, 1.54) is 11.1 Å². The number of hydrogen-bond donors (Lipinski definition) is 0. The fraction of sp³-hybridized carbons (Fsp3) is 0.381. The molecule has 1 aromatic heterocycles. The SMILES string of the molecule is CC/C=C/c1ccc(CN(CC(C)(C)C)c2ccnc(C#N)n2)cc1. The topological polar surface area (TPSA) is 52.8 Å². The van der Waals surface area contributed by atoms with Crippen LogP contribution in [0.15, 0.2) is 42.6 Å². The maximum atomic E-state index is 9.07. The van der Waals surface area contributed by atoms with Gasteiger partial charge in [-0.25, -0.2) is 9.97 Å². The van der Waals surface area contributed by atoms with Gasteiger partial charge in [0.15, 0.2) is 0 Å². The van der Waals surface area contributed by atoms with Crippen LogP contribution in [0, 0.1) is 16.7 Å². The Kier molecular flexibility index (Phi) is 6.30. The average molecular weight is 334 g/mol. The van der Waals surface area contributed by atoms with Crippen molar-refractivity contribution in [3.8, 4) is 6.07 Å². The molecule has 0 bridgehead atoms. The third-order valence-electron chi connectivity index (χ3n) is 3.63. The van der Waals surface area contributed by atoms with Crippen LogP contribution in [0.1, 0.15) is 51.1 Å². The molecule has 4 nitrogen and oxygen atoms in total. The fourth-order valence-corrected chi connectivity index (χ4v) is 2.58. The van der Waals surface area contributed by atoms with Crippen molar-refractivity contribution in [1.29, 1.82) is 5.26 Å². The minimum atomic E-state index is 0.113. The summed E-state index contributed by atoms with van der Waals surface area (Å²) in [5.74, 6) is 0.993. The lowest BCUT2D eigenvalue weighted by atomic mass is 9.95. The molecule has 2 rings (SSSR count). The van der Waals surface area contributed by atoms with E-state index in [9.17, 15) is 0 Å². The molecule has 0 atom stereocenters. The highest BCUT2D eigenvalue weighted by Crippen LogP contribution is 2.22.